The third-order valence-electron chi connectivity index (χ3n) is 3.75. The Morgan fingerprint density at radius 2 is 1.88 bits per heavy atom. The number of allylic oxidation sites excluding steroid dienone is 3. The Labute approximate surface area is 151 Å². The van der Waals surface area contributed by atoms with E-state index < -0.39 is 5.97 Å². The molecule has 0 heterocycles. The second-order valence-electron chi connectivity index (χ2n) is 6.30. The van der Waals surface area contributed by atoms with E-state index in [1.807, 2.05) is 24.3 Å². The highest BCUT2D eigenvalue weighted by atomic mass is 16.5. The summed E-state index contributed by atoms with van der Waals surface area (Å²) >= 11 is 0. The quantitative estimate of drug-likeness (QED) is 0.487. The highest BCUT2D eigenvalue weighted by Gasteiger charge is 2.12. The van der Waals surface area contributed by atoms with Gasteiger partial charge in [-0.3, -0.25) is 4.79 Å². The van der Waals surface area contributed by atoms with E-state index in [2.05, 4.69) is 44.8 Å². The van der Waals surface area contributed by atoms with Crippen molar-refractivity contribution in [3.05, 3.63) is 53.1 Å². The van der Waals surface area contributed by atoms with Gasteiger partial charge in [0.1, 0.15) is 12.4 Å². The van der Waals surface area contributed by atoms with Gasteiger partial charge < -0.3 is 9.84 Å². The summed E-state index contributed by atoms with van der Waals surface area (Å²) in [7, 11) is 0. The molecule has 0 bridgehead atoms. The van der Waals surface area contributed by atoms with Gasteiger partial charge in [0.05, 0.1) is 12.3 Å². The zero-order chi connectivity index (χ0) is 18.7. The lowest BCUT2D eigenvalue weighted by molar-refractivity contribution is -0.137. The van der Waals surface area contributed by atoms with Gasteiger partial charge in [0.15, 0.2) is 0 Å². The first-order valence-corrected chi connectivity index (χ1v) is 8.58. The molecular weight excluding hydrogens is 312 g/mol. The van der Waals surface area contributed by atoms with Crippen LogP contribution in [0.1, 0.15) is 58.4 Å². The minimum atomic E-state index is -0.846. The molecule has 0 saturated carbocycles. The van der Waals surface area contributed by atoms with E-state index in [9.17, 15) is 4.79 Å². The standard InChI is InChI=1S/C22H28O3/c1-5-7-20(16-22(23)24)19-10-12-21(13-11-19)25-15-14-18(4)9-6-8-17(2)3/h8,10-14,20H,6,9,15-16H2,1-4H3,(H,23,24)/b18-14+/t20-/m1/s1. The van der Waals surface area contributed by atoms with Crippen LogP contribution >= 0.6 is 0 Å². The lowest BCUT2D eigenvalue weighted by Crippen LogP contribution is -2.04. The van der Waals surface area contributed by atoms with E-state index in [4.69, 9.17) is 9.84 Å². The second-order valence-corrected chi connectivity index (χ2v) is 6.30. The highest BCUT2D eigenvalue weighted by Crippen LogP contribution is 2.22. The van der Waals surface area contributed by atoms with Crippen LogP contribution in [0.2, 0.25) is 0 Å². The lowest BCUT2D eigenvalue weighted by atomic mass is 9.96. The van der Waals surface area contributed by atoms with Crippen molar-refractivity contribution in [3.8, 4) is 17.6 Å². The average Bonchev–Trinajstić information content (AvgIpc) is 2.54. The van der Waals surface area contributed by atoms with Crippen molar-refractivity contribution < 1.29 is 14.6 Å². The van der Waals surface area contributed by atoms with Crippen molar-refractivity contribution in [3.63, 3.8) is 0 Å². The summed E-state index contributed by atoms with van der Waals surface area (Å²) in [4.78, 5) is 10.9. The zero-order valence-corrected chi connectivity index (χ0v) is 15.6. The van der Waals surface area contributed by atoms with Crippen LogP contribution in [0.3, 0.4) is 0 Å². The summed E-state index contributed by atoms with van der Waals surface area (Å²) in [5.74, 6) is 5.39. The van der Waals surface area contributed by atoms with E-state index >= 15 is 0 Å². The fourth-order valence-electron chi connectivity index (χ4n) is 2.37. The van der Waals surface area contributed by atoms with E-state index in [1.54, 1.807) is 6.92 Å². The third-order valence-corrected chi connectivity index (χ3v) is 3.75. The first-order chi connectivity index (χ1) is 11.9. The summed E-state index contributed by atoms with van der Waals surface area (Å²) < 4.78 is 5.74. The van der Waals surface area contributed by atoms with E-state index in [0.717, 1.165) is 24.2 Å². The largest absolute Gasteiger partial charge is 0.490 e. The first-order valence-electron chi connectivity index (χ1n) is 8.58. The van der Waals surface area contributed by atoms with Gasteiger partial charge in [-0.15, -0.1) is 5.92 Å². The molecule has 3 nitrogen and oxygen atoms in total. The molecular formula is C22H28O3. The molecule has 3 heteroatoms. The molecule has 1 rings (SSSR count). The smallest absolute Gasteiger partial charge is 0.304 e. The molecule has 1 aromatic carbocycles. The lowest BCUT2D eigenvalue weighted by Gasteiger charge is -2.10. The summed E-state index contributed by atoms with van der Waals surface area (Å²) in [5, 5.41) is 8.98. The Kier molecular flexibility index (Phi) is 9.17. The van der Waals surface area contributed by atoms with Gasteiger partial charge in [-0.05, 0) is 64.3 Å². The van der Waals surface area contributed by atoms with E-state index in [-0.39, 0.29) is 12.3 Å². The number of hydrogen-bond donors (Lipinski definition) is 1. The highest BCUT2D eigenvalue weighted by molar-refractivity contribution is 5.69. The monoisotopic (exact) mass is 340 g/mol. The van der Waals surface area contributed by atoms with Crippen LogP contribution in [0, 0.1) is 11.8 Å². The molecule has 0 aliphatic heterocycles. The Bertz CT molecular complexity index is 665. The van der Waals surface area contributed by atoms with Crippen LogP contribution < -0.4 is 4.74 Å². The average molecular weight is 340 g/mol. The molecule has 1 atom stereocenters. The Morgan fingerprint density at radius 3 is 2.44 bits per heavy atom. The van der Waals surface area contributed by atoms with Gasteiger partial charge in [-0.25, -0.2) is 0 Å². The number of rotatable bonds is 9. The molecule has 0 aliphatic rings. The van der Waals surface area contributed by atoms with Gasteiger partial charge >= 0.3 is 5.97 Å². The van der Waals surface area contributed by atoms with Gasteiger partial charge in [0.2, 0.25) is 0 Å². The first kappa shape index (κ1) is 20.6. The summed E-state index contributed by atoms with van der Waals surface area (Å²) in [6.45, 7) is 8.59. The third kappa shape index (κ3) is 8.81. The normalized spacial score (nSPS) is 11.9. The molecule has 0 fully saturated rings. The topological polar surface area (TPSA) is 46.5 Å². The van der Waals surface area contributed by atoms with Crippen LogP contribution in [0.5, 0.6) is 5.75 Å². The second kappa shape index (κ2) is 11.1. The minimum absolute atomic E-state index is 0.00859. The van der Waals surface area contributed by atoms with E-state index in [0.29, 0.717) is 6.61 Å². The Morgan fingerprint density at radius 1 is 1.20 bits per heavy atom. The number of carbonyl (C=O) groups is 1. The number of benzene rings is 1. The number of carboxylic acid groups (broad SMARTS) is 1. The van der Waals surface area contributed by atoms with Gasteiger partial charge in [0, 0.05) is 0 Å². The maximum absolute atomic E-state index is 10.9. The maximum atomic E-state index is 10.9. The van der Waals surface area contributed by atoms with Crippen molar-refractivity contribution in [1.82, 2.24) is 0 Å². The molecule has 0 amide bonds. The van der Waals surface area contributed by atoms with Crippen molar-refractivity contribution in [2.45, 2.75) is 52.9 Å². The zero-order valence-electron chi connectivity index (χ0n) is 15.6. The summed E-state index contributed by atoms with van der Waals surface area (Å²) in [5.41, 5.74) is 3.56. The predicted octanol–water partition coefficient (Wildman–Crippen LogP) is 5.34. The van der Waals surface area contributed by atoms with Crippen LogP contribution in [-0.2, 0) is 4.79 Å². The fraction of sp³-hybridized carbons (Fsp3) is 0.409. The number of ether oxygens (including phenoxy) is 1. The fourth-order valence-corrected chi connectivity index (χ4v) is 2.37. The Balaban J connectivity index is 2.57. The van der Waals surface area contributed by atoms with Crippen LogP contribution in [0.25, 0.3) is 0 Å². The summed E-state index contributed by atoms with van der Waals surface area (Å²) in [6.07, 6.45) is 6.45. The molecule has 0 unspecified atom stereocenters. The van der Waals surface area contributed by atoms with Crippen LogP contribution in [-0.4, -0.2) is 17.7 Å². The molecule has 0 radical (unpaired) electrons. The SMILES string of the molecule is CC#C[C@H](CC(=O)O)c1ccc(OC/C=C(\C)CCC=C(C)C)cc1. The molecule has 0 saturated heterocycles. The van der Waals surface area contributed by atoms with Crippen molar-refractivity contribution >= 4 is 5.97 Å². The number of carboxylic acids is 1. The van der Waals surface area contributed by atoms with Crippen molar-refractivity contribution in [2.24, 2.45) is 0 Å². The molecule has 1 N–H and O–H groups in total. The molecule has 0 aliphatic carbocycles. The van der Waals surface area contributed by atoms with Gasteiger partial charge in [0.25, 0.3) is 0 Å². The van der Waals surface area contributed by atoms with Crippen molar-refractivity contribution in [1.29, 1.82) is 0 Å². The van der Waals surface area contributed by atoms with Crippen molar-refractivity contribution in [2.75, 3.05) is 6.61 Å². The maximum Gasteiger partial charge on any atom is 0.304 e. The molecule has 134 valence electrons. The van der Waals surface area contributed by atoms with Gasteiger partial charge in [-0.2, -0.15) is 0 Å². The molecule has 0 aromatic heterocycles. The molecule has 25 heavy (non-hydrogen) atoms. The molecule has 1 aromatic rings. The van der Waals surface area contributed by atoms with Gasteiger partial charge in [-0.1, -0.05) is 35.3 Å². The molecule has 0 spiro atoms. The minimum Gasteiger partial charge on any atom is -0.490 e. The van der Waals surface area contributed by atoms with E-state index in [1.165, 1.54) is 11.1 Å². The van der Waals surface area contributed by atoms with Crippen LogP contribution in [0.4, 0.5) is 0 Å². The van der Waals surface area contributed by atoms with Crippen LogP contribution in [0.15, 0.2) is 47.6 Å². The summed E-state index contributed by atoms with van der Waals surface area (Å²) in [6, 6.07) is 7.51. The number of hydrogen-bond acceptors (Lipinski definition) is 2. The number of aliphatic carboxylic acids is 1. The Hall–Kier alpha value is -2.47. The predicted molar refractivity (Wildman–Crippen MR) is 103 cm³/mol.